The first-order valence-electron chi connectivity index (χ1n) is 4.82. The number of aromatic nitrogens is 2. The van der Waals surface area contributed by atoms with Crippen molar-refractivity contribution in [2.24, 2.45) is 5.92 Å². The van der Waals surface area contributed by atoms with Gasteiger partial charge < -0.3 is 4.74 Å². The van der Waals surface area contributed by atoms with Gasteiger partial charge in [-0.25, -0.2) is 4.79 Å². The van der Waals surface area contributed by atoms with Crippen LogP contribution in [0.4, 0.5) is 0 Å². The van der Waals surface area contributed by atoms with Gasteiger partial charge in [-0.2, -0.15) is 5.10 Å². The molecule has 1 aliphatic rings. The van der Waals surface area contributed by atoms with E-state index in [-0.39, 0.29) is 12.0 Å². The van der Waals surface area contributed by atoms with E-state index in [9.17, 15) is 4.79 Å². The molecule has 1 saturated carbocycles. The maximum absolute atomic E-state index is 11.5. The first kappa shape index (κ1) is 9.24. The van der Waals surface area contributed by atoms with E-state index < -0.39 is 0 Å². The Balaban J connectivity index is 2.22. The van der Waals surface area contributed by atoms with E-state index in [0.717, 1.165) is 18.5 Å². The van der Waals surface area contributed by atoms with Crippen LogP contribution in [-0.2, 0) is 9.53 Å². The minimum absolute atomic E-state index is 0.185. The predicted octanol–water partition coefficient (Wildman–Crippen LogP) is 1.32. The van der Waals surface area contributed by atoms with Gasteiger partial charge in [-0.3, -0.25) is 4.68 Å². The largest absolute Gasteiger partial charge is 0.467 e. The van der Waals surface area contributed by atoms with E-state index in [1.165, 1.54) is 7.11 Å². The average Bonchev–Trinajstić information content (AvgIpc) is 2.90. The standard InChI is InChI=1S/C10H14N2O2/c1-7-5-6-12(11-7)9(8-3-4-8)10(13)14-2/h5-6,8-9H,3-4H2,1-2H3. The predicted molar refractivity (Wildman–Crippen MR) is 50.7 cm³/mol. The van der Waals surface area contributed by atoms with Crippen LogP contribution in [0.25, 0.3) is 0 Å². The molecular formula is C10H14N2O2. The van der Waals surface area contributed by atoms with Crippen LogP contribution in [0.2, 0.25) is 0 Å². The summed E-state index contributed by atoms with van der Waals surface area (Å²) in [6.45, 7) is 1.91. The van der Waals surface area contributed by atoms with Gasteiger partial charge in [0.15, 0.2) is 6.04 Å². The SMILES string of the molecule is COC(=O)C(C1CC1)n1ccc(C)n1. The summed E-state index contributed by atoms with van der Waals surface area (Å²) in [5.74, 6) is 0.234. The second kappa shape index (κ2) is 3.44. The number of ether oxygens (including phenoxy) is 1. The summed E-state index contributed by atoms with van der Waals surface area (Å²) in [5, 5.41) is 4.26. The van der Waals surface area contributed by atoms with Crippen LogP contribution < -0.4 is 0 Å². The number of nitrogens with zero attached hydrogens (tertiary/aromatic N) is 2. The molecule has 1 aromatic heterocycles. The average molecular weight is 194 g/mol. The fourth-order valence-electron chi connectivity index (χ4n) is 1.64. The van der Waals surface area contributed by atoms with Crippen molar-refractivity contribution in [2.75, 3.05) is 7.11 Å². The van der Waals surface area contributed by atoms with Gasteiger partial charge in [0.1, 0.15) is 0 Å². The minimum Gasteiger partial charge on any atom is -0.467 e. The molecule has 0 aliphatic heterocycles. The molecule has 1 fully saturated rings. The molecule has 0 bridgehead atoms. The Morgan fingerprint density at radius 2 is 2.43 bits per heavy atom. The Kier molecular flexibility index (Phi) is 2.27. The lowest BCUT2D eigenvalue weighted by molar-refractivity contribution is -0.145. The van der Waals surface area contributed by atoms with Crippen molar-refractivity contribution in [1.29, 1.82) is 0 Å². The van der Waals surface area contributed by atoms with Gasteiger partial charge in [-0.1, -0.05) is 0 Å². The van der Waals surface area contributed by atoms with Crippen LogP contribution in [0, 0.1) is 12.8 Å². The van der Waals surface area contributed by atoms with Crippen LogP contribution in [0.5, 0.6) is 0 Å². The number of methoxy groups -OCH3 is 1. The Hall–Kier alpha value is -1.32. The molecule has 0 spiro atoms. The molecule has 14 heavy (non-hydrogen) atoms. The molecule has 76 valence electrons. The highest BCUT2D eigenvalue weighted by molar-refractivity contribution is 5.74. The Bertz CT molecular complexity index is 342. The van der Waals surface area contributed by atoms with Gasteiger partial charge in [-0.15, -0.1) is 0 Å². The van der Waals surface area contributed by atoms with E-state index in [4.69, 9.17) is 4.74 Å². The van der Waals surface area contributed by atoms with E-state index in [2.05, 4.69) is 5.10 Å². The van der Waals surface area contributed by atoms with Gasteiger partial charge >= 0.3 is 5.97 Å². The van der Waals surface area contributed by atoms with Crippen LogP contribution in [0.15, 0.2) is 12.3 Å². The molecule has 4 heteroatoms. The molecule has 1 unspecified atom stereocenters. The molecule has 1 heterocycles. The second-order valence-electron chi connectivity index (χ2n) is 3.74. The topological polar surface area (TPSA) is 44.1 Å². The van der Waals surface area contributed by atoms with Gasteiger partial charge in [0.05, 0.1) is 12.8 Å². The quantitative estimate of drug-likeness (QED) is 0.681. The Morgan fingerprint density at radius 3 is 2.86 bits per heavy atom. The zero-order valence-corrected chi connectivity index (χ0v) is 8.43. The van der Waals surface area contributed by atoms with Gasteiger partial charge in [0.25, 0.3) is 0 Å². The van der Waals surface area contributed by atoms with Crippen molar-refractivity contribution in [2.45, 2.75) is 25.8 Å². The molecule has 4 nitrogen and oxygen atoms in total. The third-order valence-electron chi connectivity index (χ3n) is 2.54. The van der Waals surface area contributed by atoms with Crippen molar-refractivity contribution in [3.05, 3.63) is 18.0 Å². The summed E-state index contributed by atoms with van der Waals surface area (Å²) in [7, 11) is 1.42. The number of esters is 1. The fraction of sp³-hybridized carbons (Fsp3) is 0.600. The molecule has 2 rings (SSSR count). The van der Waals surface area contributed by atoms with E-state index >= 15 is 0 Å². The Morgan fingerprint density at radius 1 is 1.71 bits per heavy atom. The van der Waals surface area contributed by atoms with E-state index in [1.807, 2.05) is 19.2 Å². The van der Waals surface area contributed by atoms with Gasteiger partial charge in [0.2, 0.25) is 0 Å². The first-order chi connectivity index (χ1) is 6.72. The van der Waals surface area contributed by atoms with Crippen molar-refractivity contribution in [1.82, 2.24) is 9.78 Å². The second-order valence-corrected chi connectivity index (χ2v) is 3.74. The molecular weight excluding hydrogens is 180 g/mol. The lowest BCUT2D eigenvalue weighted by atomic mass is 10.2. The zero-order valence-electron chi connectivity index (χ0n) is 8.43. The summed E-state index contributed by atoms with van der Waals surface area (Å²) in [5.41, 5.74) is 0.930. The molecule has 0 amide bonds. The molecule has 0 N–H and O–H groups in total. The number of hydrogen-bond donors (Lipinski definition) is 0. The van der Waals surface area contributed by atoms with Gasteiger partial charge in [-0.05, 0) is 31.7 Å². The normalized spacial score (nSPS) is 17.9. The van der Waals surface area contributed by atoms with Crippen LogP contribution in [-0.4, -0.2) is 22.9 Å². The minimum atomic E-state index is -0.214. The highest BCUT2D eigenvalue weighted by atomic mass is 16.5. The lowest BCUT2D eigenvalue weighted by Crippen LogP contribution is -2.23. The molecule has 0 saturated heterocycles. The van der Waals surface area contributed by atoms with E-state index in [0.29, 0.717) is 5.92 Å². The summed E-state index contributed by atoms with van der Waals surface area (Å²) >= 11 is 0. The Labute approximate surface area is 82.9 Å². The summed E-state index contributed by atoms with van der Waals surface area (Å²) in [6.07, 6.45) is 4.03. The van der Waals surface area contributed by atoms with Crippen LogP contribution in [0.3, 0.4) is 0 Å². The summed E-state index contributed by atoms with van der Waals surface area (Å²) < 4.78 is 6.50. The summed E-state index contributed by atoms with van der Waals surface area (Å²) in [4.78, 5) is 11.5. The molecule has 1 aromatic rings. The van der Waals surface area contributed by atoms with Crippen molar-refractivity contribution < 1.29 is 9.53 Å². The summed E-state index contributed by atoms with van der Waals surface area (Å²) in [6, 6.07) is 1.69. The third-order valence-corrected chi connectivity index (χ3v) is 2.54. The molecule has 0 aromatic carbocycles. The monoisotopic (exact) mass is 194 g/mol. The third kappa shape index (κ3) is 1.64. The number of carbonyl (C=O) groups is 1. The molecule has 1 aliphatic carbocycles. The lowest BCUT2D eigenvalue weighted by Gasteiger charge is -2.13. The zero-order chi connectivity index (χ0) is 10.1. The smallest absolute Gasteiger partial charge is 0.330 e. The highest BCUT2D eigenvalue weighted by Gasteiger charge is 2.38. The highest BCUT2D eigenvalue weighted by Crippen LogP contribution is 2.40. The van der Waals surface area contributed by atoms with Gasteiger partial charge in [0, 0.05) is 6.20 Å². The van der Waals surface area contributed by atoms with Crippen molar-refractivity contribution >= 4 is 5.97 Å². The fourth-order valence-corrected chi connectivity index (χ4v) is 1.64. The number of carbonyl (C=O) groups excluding carboxylic acids is 1. The van der Waals surface area contributed by atoms with E-state index in [1.54, 1.807) is 4.68 Å². The van der Waals surface area contributed by atoms with Crippen LogP contribution in [0.1, 0.15) is 24.6 Å². The van der Waals surface area contributed by atoms with Crippen molar-refractivity contribution in [3.63, 3.8) is 0 Å². The molecule has 1 atom stereocenters. The number of hydrogen-bond acceptors (Lipinski definition) is 3. The molecule has 0 radical (unpaired) electrons. The number of aryl methyl sites for hydroxylation is 1. The van der Waals surface area contributed by atoms with Crippen LogP contribution >= 0.6 is 0 Å². The number of rotatable bonds is 3. The first-order valence-corrected chi connectivity index (χ1v) is 4.82. The van der Waals surface area contributed by atoms with Crippen molar-refractivity contribution in [3.8, 4) is 0 Å². The maximum atomic E-state index is 11.5. The maximum Gasteiger partial charge on any atom is 0.330 e.